The van der Waals surface area contributed by atoms with Crippen molar-refractivity contribution in [3.05, 3.63) is 0 Å². The van der Waals surface area contributed by atoms with Crippen LogP contribution in [0.2, 0.25) is 0 Å². The van der Waals surface area contributed by atoms with E-state index in [0.29, 0.717) is 13.1 Å². The fraction of sp³-hybridized carbons (Fsp3) is 1.00. The Balaban J connectivity index is 1.85. The van der Waals surface area contributed by atoms with Crippen LogP contribution in [0.1, 0.15) is 38.5 Å². The first-order chi connectivity index (χ1) is 8.07. The first kappa shape index (κ1) is 13.3. The van der Waals surface area contributed by atoms with Crippen molar-refractivity contribution >= 4 is 10.0 Å². The highest BCUT2D eigenvalue weighted by atomic mass is 32.2. The maximum Gasteiger partial charge on any atom is 0.211 e. The maximum absolute atomic E-state index is 11.4. The van der Waals surface area contributed by atoms with Crippen molar-refractivity contribution in [2.75, 3.05) is 32.4 Å². The monoisotopic (exact) mass is 261 g/mol. The SMILES string of the molecule is CS(=O)(=O)N1CC[NH+](C2CCCCCC2)CC1. The summed E-state index contributed by atoms with van der Waals surface area (Å²) in [6, 6.07) is 0.791. The van der Waals surface area contributed by atoms with E-state index in [1.165, 1.54) is 44.8 Å². The summed E-state index contributed by atoms with van der Waals surface area (Å²) in [6.07, 6.45) is 9.51. The molecule has 0 aromatic rings. The van der Waals surface area contributed by atoms with Gasteiger partial charge in [-0.2, -0.15) is 4.31 Å². The van der Waals surface area contributed by atoms with Crippen LogP contribution in [0.5, 0.6) is 0 Å². The lowest BCUT2D eigenvalue weighted by Crippen LogP contribution is -3.18. The van der Waals surface area contributed by atoms with Crippen molar-refractivity contribution in [3.63, 3.8) is 0 Å². The molecule has 1 aliphatic carbocycles. The topological polar surface area (TPSA) is 41.8 Å². The van der Waals surface area contributed by atoms with Gasteiger partial charge in [0.1, 0.15) is 0 Å². The molecule has 17 heavy (non-hydrogen) atoms. The summed E-state index contributed by atoms with van der Waals surface area (Å²) in [4.78, 5) is 1.65. The Morgan fingerprint density at radius 3 is 2.00 bits per heavy atom. The van der Waals surface area contributed by atoms with Crippen molar-refractivity contribution in [2.45, 2.75) is 44.6 Å². The predicted molar refractivity (Wildman–Crippen MR) is 68.6 cm³/mol. The average molecular weight is 261 g/mol. The number of piperazine rings is 1. The number of quaternary nitrogens is 1. The summed E-state index contributed by atoms with van der Waals surface area (Å²) in [6.45, 7) is 3.42. The number of nitrogens with one attached hydrogen (secondary N) is 1. The van der Waals surface area contributed by atoms with Crippen LogP contribution in [0.15, 0.2) is 0 Å². The van der Waals surface area contributed by atoms with E-state index in [0.717, 1.165) is 19.1 Å². The summed E-state index contributed by atoms with van der Waals surface area (Å²) in [7, 11) is -2.97. The third-order valence-corrected chi connectivity index (χ3v) is 5.57. The van der Waals surface area contributed by atoms with Gasteiger partial charge in [0.05, 0.1) is 38.5 Å². The van der Waals surface area contributed by atoms with Crippen LogP contribution < -0.4 is 4.90 Å². The highest BCUT2D eigenvalue weighted by molar-refractivity contribution is 7.88. The minimum Gasteiger partial charge on any atom is -0.330 e. The van der Waals surface area contributed by atoms with Gasteiger partial charge in [-0.25, -0.2) is 8.42 Å². The quantitative estimate of drug-likeness (QED) is 0.704. The molecule has 0 atom stereocenters. The highest BCUT2D eigenvalue weighted by Crippen LogP contribution is 2.15. The van der Waals surface area contributed by atoms with Crippen molar-refractivity contribution < 1.29 is 13.3 Å². The van der Waals surface area contributed by atoms with Gasteiger partial charge in [0.2, 0.25) is 10.0 Å². The van der Waals surface area contributed by atoms with E-state index >= 15 is 0 Å². The van der Waals surface area contributed by atoms with Gasteiger partial charge in [0.25, 0.3) is 0 Å². The number of hydrogen-bond acceptors (Lipinski definition) is 2. The number of hydrogen-bond donors (Lipinski definition) is 1. The van der Waals surface area contributed by atoms with E-state index in [1.807, 2.05) is 0 Å². The summed E-state index contributed by atoms with van der Waals surface area (Å²) >= 11 is 0. The van der Waals surface area contributed by atoms with Gasteiger partial charge in [-0.3, -0.25) is 0 Å². The van der Waals surface area contributed by atoms with E-state index < -0.39 is 10.0 Å². The van der Waals surface area contributed by atoms with E-state index in [4.69, 9.17) is 0 Å². The molecule has 1 N–H and O–H groups in total. The third kappa shape index (κ3) is 3.66. The fourth-order valence-corrected chi connectivity index (χ4v) is 4.05. The standard InChI is InChI=1S/C12H24N2O2S/c1-17(15,16)14-10-8-13(9-11-14)12-6-4-2-3-5-7-12/h12H,2-11H2,1H3/p+1. The van der Waals surface area contributed by atoms with Crippen molar-refractivity contribution in [1.29, 1.82) is 0 Å². The second-order valence-corrected chi connectivity index (χ2v) is 7.49. The second kappa shape index (κ2) is 5.67. The summed E-state index contributed by atoms with van der Waals surface area (Å²) in [5, 5.41) is 0. The fourth-order valence-electron chi connectivity index (χ4n) is 3.20. The zero-order valence-corrected chi connectivity index (χ0v) is 11.6. The molecule has 0 radical (unpaired) electrons. The van der Waals surface area contributed by atoms with Crippen LogP contribution in [0.4, 0.5) is 0 Å². The molecule has 1 aliphatic heterocycles. The molecule has 0 unspecified atom stereocenters. The molecule has 1 saturated heterocycles. The Morgan fingerprint density at radius 1 is 1.00 bits per heavy atom. The van der Waals surface area contributed by atoms with Crippen LogP contribution >= 0.6 is 0 Å². The first-order valence-electron chi connectivity index (χ1n) is 6.87. The van der Waals surface area contributed by atoms with Gasteiger partial charge in [0, 0.05) is 0 Å². The molecular formula is C12H25N2O2S+. The molecule has 0 spiro atoms. The largest absolute Gasteiger partial charge is 0.330 e. The van der Waals surface area contributed by atoms with Crippen LogP contribution in [0.25, 0.3) is 0 Å². The van der Waals surface area contributed by atoms with Gasteiger partial charge >= 0.3 is 0 Å². The van der Waals surface area contributed by atoms with Gasteiger partial charge in [0.15, 0.2) is 0 Å². The second-order valence-electron chi connectivity index (χ2n) is 5.51. The van der Waals surface area contributed by atoms with Crippen molar-refractivity contribution in [1.82, 2.24) is 4.31 Å². The van der Waals surface area contributed by atoms with Crippen LogP contribution in [0.3, 0.4) is 0 Å². The molecule has 100 valence electrons. The normalized spacial score (nSPS) is 26.9. The van der Waals surface area contributed by atoms with Crippen LogP contribution in [-0.2, 0) is 10.0 Å². The zero-order valence-electron chi connectivity index (χ0n) is 10.8. The van der Waals surface area contributed by atoms with Crippen LogP contribution in [-0.4, -0.2) is 51.2 Å². The molecule has 4 nitrogen and oxygen atoms in total. The molecule has 2 aliphatic rings. The molecule has 1 heterocycles. The Morgan fingerprint density at radius 2 is 1.53 bits per heavy atom. The lowest BCUT2D eigenvalue weighted by atomic mass is 10.1. The molecule has 2 fully saturated rings. The maximum atomic E-state index is 11.4. The molecule has 1 saturated carbocycles. The predicted octanol–water partition coefficient (Wildman–Crippen LogP) is -0.131. The first-order valence-corrected chi connectivity index (χ1v) is 8.72. The summed E-state index contributed by atoms with van der Waals surface area (Å²) in [5.41, 5.74) is 0. The smallest absolute Gasteiger partial charge is 0.211 e. The Bertz CT molecular complexity index is 326. The molecule has 0 aromatic carbocycles. The molecule has 0 amide bonds. The average Bonchev–Trinajstić information content (AvgIpc) is 2.56. The Kier molecular flexibility index (Phi) is 4.44. The lowest BCUT2D eigenvalue weighted by molar-refractivity contribution is -0.929. The highest BCUT2D eigenvalue weighted by Gasteiger charge is 2.30. The Hall–Kier alpha value is -0.130. The van der Waals surface area contributed by atoms with Gasteiger partial charge < -0.3 is 4.90 Å². The van der Waals surface area contributed by atoms with E-state index in [9.17, 15) is 8.42 Å². The minimum atomic E-state index is -2.97. The summed E-state index contributed by atoms with van der Waals surface area (Å²) in [5.74, 6) is 0. The number of sulfonamides is 1. The molecule has 0 aromatic heterocycles. The zero-order chi connectivity index (χ0) is 12.3. The van der Waals surface area contributed by atoms with Crippen molar-refractivity contribution in [2.24, 2.45) is 0 Å². The molecule has 2 rings (SSSR count). The number of rotatable bonds is 2. The molecule has 5 heteroatoms. The number of nitrogens with zero attached hydrogens (tertiary/aromatic N) is 1. The van der Waals surface area contributed by atoms with Gasteiger partial charge in [-0.05, 0) is 25.7 Å². The third-order valence-electron chi connectivity index (χ3n) is 4.27. The minimum absolute atomic E-state index is 0.713. The van der Waals surface area contributed by atoms with E-state index in [1.54, 1.807) is 9.21 Å². The van der Waals surface area contributed by atoms with Gasteiger partial charge in [-0.1, -0.05) is 12.8 Å². The summed E-state index contributed by atoms with van der Waals surface area (Å²) < 4.78 is 24.5. The van der Waals surface area contributed by atoms with Gasteiger partial charge in [-0.15, -0.1) is 0 Å². The molecular weight excluding hydrogens is 236 g/mol. The van der Waals surface area contributed by atoms with E-state index in [2.05, 4.69) is 0 Å². The van der Waals surface area contributed by atoms with Crippen molar-refractivity contribution in [3.8, 4) is 0 Å². The lowest BCUT2D eigenvalue weighted by Gasteiger charge is -2.35. The van der Waals surface area contributed by atoms with Crippen LogP contribution in [0, 0.1) is 0 Å². The Labute approximate surface area is 105 Å². The van der Waals surface area contributed by atoms with E-state index in [-0.39, 0.29) is 0 Å². The molecule has 0 bridgehead atoms.